The van der Waals surface area contributed by atoms with Crippen molar-refractivity contribution >= 4 is 29.9 Å². The molecule has 0 saturated heterocycles. The molecule has 1 heterocycles. The topological polar surface area (TPSA) is 36.3 Å². The Balaban J connectivity index is 1.73. The van der Waals surface area contributed by atoms with Crippen molar-refractivity contribution < 1.29 is 9.47 Å². The SMILES string of the molecule is COc1ccc(-c2cc(=S)n(CC=Cc3ccc(Cl)cc3)nc2-c2ccc(OC)cc2)cc1. The summed E-state index contributed by atoms with van der Waals surface area (Å²) >= 11 is 11.7. The van der Waals surface area contributed by atoms with Gasteiger partial charge in [0.2, 0.25) is 0 Å². The number of aromatic nitrogens is 2. The maximum absolute atomic E-state index is 5.97. The fraction of sp³-hybridized carbons (Fsp3) is 0.111. The third-order valence-corrected chi connectivity index (χ3v) is 5.80. The van der Waals surface area contributed by atoms with Crippen LogP contribution < -0.4 is 9.47 Å². The highest BCUT2D eigenvalue weighted by molar-refractivity contribution is 7.71. The molecule has 0 spiro atoms. The van der Waals surface area contributed by atoms with Gasteiger partial charge in [-0.1, -0.05) is 60.2 Å². The second-order valence-electron chi connectivity index (χ2n) is 7.34. The van der Waals surface area contributed by atoms with Crippen LogP contribution in [0.15, 0.2) is 84.9 Å². The lowest BCUT2D eigenvalue weighted by molar-refractivity contribution is 0.414. The molecule has 0 unspecified atom stereocenters. The predicted octanol–water partition coefficient (Wildman–Crippen LogP) is 7.33. The number of nitrogens with zero attached hydrogens (tertiary/aromatic N) is 2. The van der Waals surface area contributed by atoms with Crippen molar-refractivity contribution in [1.82, 2.24) is 9.78 Å². The molecule has 4 aromatic rings. The van der Waals surface area contributed by atoms with Crippen molar-refractivity contribution in [1.29, 1.82) is 0 Å². The smallest absolute Gasteiger partial charge is 0.123 e. The number of ether oxygens (including phenoxy) is 2. The van der Waals surface area contributed by atoms with Crippen LogP contribution in [0.25, 0.3) is 28.5 Å². The van der Waals surface area contributed by atoms with E-state index in [-0.39, 0.29) is 0 Å². The van der Waals surface area contributed by atoms with Crippen LogP contribution in [-0.4, -0.2) is 24.0 Å². The highest BCUT2D eigenvalue weighted by Crippen LogP contribution is 2.32. The molecule has 0 N–H and O–H groups in total. The van der Waals surface area contributed by atoms with Crippen LogP contribution in [0.5, 0.6) is 11.5 Å². The molecule has 0 atom stereocenters. The molecule has 6 heteroatoms. The number of halogens is 1. The van der Waals surface area contributed by atoms with Crippen LogP contribution in [0, 0.1) is 4.64 Å². The lowest BCUT2D eigenvalue weighted by atomic mass is 10.00. The van der Waals surface area contributed by atoms with Crippen molar-refractivity contribution in [3.63, 3.8) is 0 Å². The molecule has 0 amide bonds. The fourth-order valence-corrected chi connectivity index (χ4v) is 3.80. The van der Waals surface area contributed by atoms with Gasteiger partial charge in [0.1, 0.15) is 16.1 Å². The number of methoxy groups -OCH3 is 2. The van der Waals surface area contributed by atoms with Crippen molar-refractivity contribution in [2.75, 3.05) is 14.2 Å². The molecular formula is C27H23ClN2O2S. The van der Waals surface area contributed by atoms with Crippen molar-refractivity contribution in [2.45, 2.75) is 6.54 Å². The molecule has 1 aromatic heterocycles. The minimum absolute atomic E-state index is 0.549. The fourth-order valence-electron chi connectivity index (χ4n) is 3.44. The second kappa shape index (κ2) is 10.5. The summed E-state index contributed by atoms with van der Waals surface area (Å²) in [6.45, 7) is 0.549. The van der Waals surface area contributed by atoms with Gasteiger partial charge in [-0.05, 0) is 65.7 Å². The Hall–Kier alpha value is -3.41. The number of hydrogen-bond donors (Lipinski definition) is 0. The van der Waals surface area contributed by atoms with Crippen molar-refractivity contribution in [3.8, 4) is 33.9 Å². The summed E-state index contributed by atoms with van der Waals surface area (Å²) in [6.07, 6.45) is 4.07. The van der Waals surface area contributed by atoms with Crippen LogP contribution in [0.3, 0.4) is 0 Å². The van der Waals surface area contributed by atoms with Gasteiger partial charge >= 0.3 is 0 Å². The average molecular weight is 475 g/mol. The van der Waals surface area contributed by atoms with Crippen molar-refractivity contribution in [2.24, 2.45) is 0 Å². The van der Waals surface area contributed by atoms with Gasteiger partial charge in [0.05, 0.1) is 26.5 Å². The van der Waals surface area contributed by atoms with E-state index >= 15 is 0 Å². The first-order valence-electron chi connectivity index (χ1n) is 10.4. The Labute approximate surface area is 203 Å². The second-order valence-corrected chi connectivity index (χ2v) is 8.19. The van der Waals surface area contributed by atoms with Crippen molar-refractivity contribution in [3.05, 3.63) is 100 Å². The molecule has 0 fully saturated rings. The first kappa shape index (κ1) is 22.8. The Kier molecular flexibility index (Phi) is 7.23. The van der Waals surface area contributed by atoms with Gasteiger partial charge < -0.3 is 9.47 Å². The molecule has 0 aliphatic rings. The summed E-state index contributed by atoms with van der Waals surface area (Å²) < 4.78 is 13.1. The lowest BCUT2D eigenvalue weighted by Gasteiger charge is -2.14. The molecular weight excluding hydrogens is 452 g/mol. The highest BCUT2D eigenvalue weighted by Gasteiger charge is 2.12. The summed E-state index contributed by atoms with van der Waals surface area (Å²) in [4.78, 5) is 0. The zero-order chi connectivity index (χ0) is 23.2. The monoisotopic (exact) mass is 474 g/mol. The van der Waals surface area contributed by atoms with E-state index in [4.69, 9.17) is 38.4 Å². The van der Waals surface area contributed by atoms with E-state index in [2.05, 4.69) is 0 Å². The third-order valence-electron chi connectivity index (χ3n) is 5.22. The molecule has 4 rings (SSSR count). The van der Waals surface area contributed by atoms with Crippen LogP contribution in [0.2, 0.25) is 5.02 Å². The zero-order valence-corrected chi connectivity index (χ0v) is 19.9. The van der Waals surface area contributed by atoms with Gasteiger partial charge in [-0.25, -0.2) is 0 Å². The Bertz CT molecular complexity index is 1310. The number of benzene rings is 3. The molecule has 4 nitrogen and oxygen atoms in total. The number of rotatable bonds is 7. The van der Waals surface area contributed by atoms with E-state index in [9.17, 15) is 0 Å². The van der Waals surface area contributed by atoms with E-state index < -0.39 is 0 Å². The maximum atomic E-state index is 5.97. The van der Waals surface area contributed by atoms with Gasteiger partial charge in [-0.15, -0.1) is 0 Å². The van der Waals surface area contributed by atoms with Crippen LogP contribution in [0.4, 0.5) is 0 Å². The summed E-state index contributed by atoms with van der Waals surface area (Å²) in [5.41, 5.74) is 4.87. The highest BCUT2D eigenvalue weighted by atomic mass is 35.5. The minimum atomic E-state index is 0.549. The first-order chi connectivity index (χ1) is 16.1. The number of allylic oxidation sites excluding steroid dienone is 1. The summed E-state index contributed by atoms with van der Waals surface area (Å²) in [5, 5.41) is 5.65. The zero-order valence-electron chi connectivity index (χ0n) is 18.4. The molecule has 0 aliphatic heterocycles. The Morgan fingerprint density at radius 3 is 2.00 bits per heavy atom. The molecule has 0 saturated carbocycles. The van der Waals surface area contributed by atoms with Crippen LogP contribution in [-0.2, 0) is 6.54 Å². The first-order valence-corrected chi connectivity index (χ1v) is 11.2. The Morgan fingerprint density at radius 1 is 0.848 bits per heavy atom. The van der Waals surface area contributed by atoms with E-state index in [1.807, 2.05) is 95.7 Å². The normalized spacial score (nSPS) is 11.0. The molecule has 166 valence electrons. The van der Waals surface area contributed by atoms with E-state index in [0.717, 1.165) is 39.4 Å². The van der Waals surface area contributed by atoms with E-state index in [1.165, 1.54) is 0 Å². The largest absolute Gasteiger partial charge is 0.497 e. The number of hydrogen-bond acceptors (Lipinski definition) is 4. The molecule has 0 bridgehead atoms. The predicted molar refractivity (Wildman–Crippen MR) is 138 cm³/mol. The third kappa shape index (κ3) is 5.51. The van der Waals surface area contributed by atoms with Gasteiger partial charge in [0.15, 0.2) is 0 Å². The molecule has 0 radical (unpaired) electrons. The van der Waals surface area contributed by atoms with E-state index in [1.54, 1.807) is 14.2 Å². The maximum Gasteiger partial charge on any atom is 0.123 e. The van der Waals surface area contributed by atoms with Crippen LogP contribution in [0.1, 0.15) is 5.56 Å². The van der Waals surface area contributed by atoms with Gasteiger partial charge in [-0.3, -0.25) is 4.68 Å². The molecule has 33 heavy (non-hydrogen) atoms. The molecule has 0 aliphatic carbocycles. The van der Waals surface area contributed by atoms with Gasteiger partial charge in [0, 0.05) is 16.1 Å². The average Bonchev–Trinajstić information content (AvgIpc) is 2.86. The van der Waals surface area contributed by atoms with Gasteiger partial charge in [-0.2, -0.15) is 5.10 Å². The van der Waals surface area contributed by atoms with Crippen LogP contribution >= 0.6 is 23.8 Å². The quantitative estimate of drug-likeness (QED) is 0.263. The molecule has 3 aromatic carbocycles. The lowest BCUT2D eigenvalue weighted by Crippen LogP contribution is -2.06. The minimum Gasteiger partial charge on any atom is -0.497 e. The summed E-state index contributed by atoms with van der Waals surface area (Å²) in [6, 6.07) is 25.5. The Morgan fingerprint density at radius 2 is 1.42 bits per heavy atom. The standard InChI is InChI=1S/C27H23ClN2O2S/c1-31-23-13-7-20(8-14-23)25-18-26(33)30(17-3-4-19-5-11-22(28)12-6-19)29-27(25)21-9-15-24(32-2)16-10-21/h3-16,18H,17H2,1-2H3. The summed E-state index contributed by atoms with van der Waals surface area (Å²) in [5.74, 6) is 1.60. The van der Waals surface area contributed by atoms with E-state index in [0.29, 0.717) is 16.2 Å². The summed E-state index contributed by atoms with van der Waals surface area (Å²) in [7, 11) is 3.31. The van der Waals surface area contributed by atoms with Gasteiger partial charge in [0.25, 0.3) is 0 Å².